The Morgan fingerprint density at radius 2 is 2.31 bits per heavy atom. The van der Waals surface area contributed by atoms with E-state index in [1.165, 1.54) is 0 Å². The number of carbonyl (C=O) groups is 1. The summed E-state index contributed by atoms with van der Waals surface area (Å²) in [6.45, 7) is 0. The van der Waals surface area contributed by atoms with E-state index in [0.717, 1.165) is 6.42 Å². The van der Waals surface area contributed by atoms with Crippen LogP contribution in [0.1, 0.15) is 18.1 Å². The van der Waals surface area contributed by atoms with Crippen molar-refractivity contribution in [2.45, 2.75) is 6.42 Å². The Hall–Kier alpha value is -1.89. The summed E-state index contributed by atoms with van der Waals surface area (Å²) in [5.41, 5.74) is 0.457. The van der Waals surface area contributed by atoms with E-state index < -0.39 is 0 Å². The summed E-state index contributed by atoms with van der Waals surface area (Å²) >= 11 is 0. The van der Waals surface area contributed by atoms with Gasteiger partial charge in [0.2, 0.25) is 0 Å². The molecule has 1 atom stereocenters. The molecule has 1 aliphatic carbocycles. The van der Waals surface area contributed by atoms with Gasteiger partial charge in [0, 0.05) is 5.56 Å². The van der Waals surface area contributed by atoms with Gasteiger partial charge in [0.15, 0.2) is 5.78 Å². The van der Waals surface area contributed by atoms with Crippen LogP contribution in [0.3, 0.4) is 0 Å². The van der Waals surface area contributed by atoms with Gasteiger partial charge in [0.05, 0.1) is 1.37 Å². The molecule has 0 aliphatic heterocycles. The van der Waals surface area contributed by atoms with E-state index >= 15 is 0 Å². The molecule has 1 aliphatic rings. The second-order valence-electron chi connectivity index (χ2n) is 3.71. The second kappa shape index (κ2) is 5.26. The van der Waals surface area contributed by atoms with Crippen LogP contribution < -0.4 is 0 Å². The van der Waals surface area contributed by atoms with Crippen LogP contribution >= 0.6 is 0 Å². The van der Waals surface area contributed by atoms with E-state index in [1.807, 2.05) is 18.2 Å². The minimum atomic E-state index is -0.0986. The van der Waals surface area contributed by atoms with Crippen molar-refractivity contribution in [3.05, 3.63) is 72.3 Å². The molecular formula is C15H14O. The van der Waals surface area contributed by atoms with E-state index in [4.69, 9.17) is 1.37 Å². The van der Waals surface area contributed by atoms with E-state index in [9.17, 15) is 4.79 Å². The Kier molecular flexibility index (Phi) is 3.07. The highest BCUT2D eigenvalue weighted by atomic mass is 16.1. The molecule has 0 spiro atoms. The van der Waals surface area contributed by atoms with Crippen LogP contribution in [0.5, 0.6) is 0 Å². The van der Waals surface area contributed by atoms with E-state index in [0.29, 0.717) is 11.5 Å². The molecule has 0 saturated heterocycles. The summed E-state index contributed by atoms with van der Waals surface area (Å²) in [4.78, 5) is 11.9. The molecule has 0 saturated carbocycles. The van der Waals surface area contributed by atoms with Crippen molar-refractivity contribution in [1.29, 1.82) is 0 Å². The standard InChI is InChI=1S/C15H14O/c16-15(14-9-5-2-6-10-14)12-11-13-7-3-1-4-8-13/h1-7,9-13H,8H2/b12-11+/i9D. The summed E-state index contributed by atoms with van der Waals surface area (Å²) in [5.74, 6) is 0.195. The fourth-order valence-corrected chi connectivity index (χ4v) is 1.59. The molecule has 1 nitrogen and oxygen atoms in total. The van der Waals surface area contributed by atoms with Gasteiger partial charge in [-0.3, -0.25) is 4.79 Å². The van der Waals surface area contributed by atoms with Gasteiger partial charge in [-0.2, -0.15) is 0 Å². The minimum Gasteiger partial charge on any atom is -0.289 e. The molecule has 0 amide bonds. The lowest BCUT2D eigenvalue weighted by Gasteiger charge is -2.06. The van der Waals surface area contributed by atoms with Crippen molar-refractivity contribution in [3.8, 4) is 0 Å². The van der Waals surface area contributed by atoms with Crippen molar-refractivity contribution in [1.82, 2.24) is 0 Å². The summed E-state index contributed by atoms with van der Waals surface area (Å²) in [6.07, 6.45) is 12.5. The van der Waals surface area contributed by atoms with Crippen molar-refractivity contribution < 1.29 is 6.17 Å². The van der Waals surface area contributed by atoms with Crippen molar-refractivity contribution in [2.24, 2.45) is 5.92 Å². The first-order valence-electron chi connectivity index (χ1n) is 5.89. The zero-order chi connectivity index (χ0) is 12.1. The highest BCUT2D eigenvalue weighted by Gasteiger charge is 2.03. The van der Waals surface area contributed by atoms with Gasteiger partial charge in [0.25, 0.3) is 0 Å². The molecule has 0 N–H and O–H groups in total. The summed E-state index contributed by atoms with van der Waals surface area (Å²) < 4.78 is 7.64. The zero-order valence-electron chi connectivity index (χ0n) is 9.97. The van der Waals surface area contributed by atoms with Crippen LogP contribution in [0.15, 0.2) is 66.8 Å². The Morgan fingerprint density at radius 1 is 1.38 bits per heavy atom. The van der Waals surface area contributed by atoms with Crippen LogP contribution in [0.25, 0.3) is 0 Å². The fourth-order valence-electron chi connectivity index (χ4n) is 1.59. The Labute approximate surface area is 97.2 Å². The number of hydrogen-bond donors (Lipinski definition) is 0. The second-order valence-corrected chi connectivity index (χ2v) is 3.71. The van der Waals surface area contributed by atoms with Crippen LogP contribution in [0.4, 0.5) is 0 Å². The van der Waals surface area contributed by atoms with Gasteiger partial charge in [-0.1, -0.05) is 60.7 Å². The number of carbonyl (C=O) groups excluding carboxylic acids is 1. The number of allylic oxidation sites excluding steroid dienone is 6. The van der Waals surface area contributed by atoms with Crippen molar-refractivity contribution in [2.75, 3.05) is 0 Å². The molecule has 80 valence electrons. The first-order valence-corrected chi connectivity index (χ1v) is 5.39. The molecule has 16 heavy (non-hydrogen) atoms. The number of ketones is 1. The Balaban J connectivity index is 2.07. The highest BCUT2D eigenvalue weighted by molar-refractivity contribution is 6.04. The molecule has 1 aromatic carbocycles. The normalized spacial score (nSPS) is 20.0. The number of hydrogen-bond acceptors (Lipinski definition) is 1. The fraction of sp³-hybridized carbons (Fsp3) is 0.133. The topological polar surface area (TPSA) is 17.1 Å². The van der Waals surface area contributed by atoms with Crippen LogP contribution in [0.2, 0.25) is 0 Å². The number of benzene rings is 1. The Morgan fingerprint density at radius 3 is 3.06 bits per heavy atom. The third-order valence-corrected chi connectivity index (χ3v) is 2.48. The average molecular weight is 211 g/mol. The van der Waals surface area contributed by atoms with Gasteiger partial charge >= 0.3 is 0 Å². The molecule has 1 heteroatoms. The molecule has 0 bridgehead atoms. The SMILES string of the molecule is [2H]c1ccccc1C(=O)/C=C/C1C=CC=CC1. The largest absolute Gasteiger partial charge is 0.289 e. The molecule has 0 fully saturated rings. The van der Waals surface area contributed by atoms with Gasteiger partial charge < -0.3 is 0 Å². The van der Waals surface area contributed by atoms with E-state index in [-0.39, 0.29) is 11.8 Å². The molecule has 1 unspecified atom stereocenters. The quantitative estimate of drug-likeness (QED) is 0.552. The third kappa shape index (κ3) is 2.80. The maximum atomic E-state index is 11.9. The maximum absolute atomic E-state index is 11.9. The Bertz CT molecular complexity index is 497. The van der Waals surface area contributed by atoms with Crippen LogP contribution in [-0.4, -0.2) is 5.78 Å². The average Bonchev–Trinajstić information content (AvgIpc) is 2.38. The summed E-state index contributed by atoms with van der Waals surface area (Å²) in [5, 5.41) is 0. The number of rotatable bonds is 3. The molecular weight excluding hydrogens is 196 g/mol. The van der Waals surface area contributed by atoms with Gasteiger partial charge in [0.1, 0.15) is 0 Å². The summed E-state index contributed by atoms with van der Waals surface area (Å²) in [6, 6.07) is 7.14. The summed E-state index contributed by atoms with van der Waals surface area (Å²) in [7, 11) is 0. The smallest absolute Gasteiger partial charge is 0.185 e. The van der Waals surface area contributed by atoms with Crippen LogP contribution in [-0.2, 0) is 0 Å². The maximum Gasteiger partial charge on any atom is 0.185 e. The highest BCUT2D eigenvalue weighted by Crippen LogP contribution is 2.13. The van der Waals surface area contributed by atoms with Crippen molar-refractivity contribution in [3.63, 3.8) is 0 Å². The lowest BCUT2D eigenvalue weighted by Crippen LogP contribution is -1.97. The monoisotopic (exact) mass is 211 g/mol. The van der Waals surface area contributed by atoms with Gasteiger partial charge in [-0.15, -0.1) is 0 Å². The third-order valence-electron chi connectivity index (χ3n) is 2.48. The van der Waals surface area contributed by atoms with E-state index in [2.05, 4.69) is 12.2 Å². The van der Waals surface area contributed by atoms with Crippen LogP contribution in [0, 0.1) is 5.92 Å². The molecule has 0 heterocycles. The minimum absolute atomic E-state index is 0.0986. The predicted molar refractivity (Wildman–Crippen MR) is 66.3 cm³/mol. The molecule has 2 rings (SSSR count). The lowest BCUT2D eigenvalue weighted by molar-refractivity contribution is 0.104. The predicted octanol–water partition coefficient (Wildman–Crippen LogP) is 3.56. The zero-order valence-corrected chi connectivity index (χ0v) is 8.97. The van der Waals surface area contributed by atoms with E-state index in [1.54, 1.807) is 30.3 Å². The van der Waals surface area contributed by atoms with Gasteiger partial charge in [-0.05, 0) is 18.4 Å². The first-order chi connectivity index (χ1) is 8.27. The molecule has 1 aromatic rings. The molecule has 0 radical (unpaired) electrons. The lowest BCUT2D eigenvalue weighted by atomic mass is 9.99. The first kappa shape index (κ1) is 9.34. The van der Waals surface area contributed by atoms with Crippen molar-refractivity contribution >= 4 is 5.78 Å². The van der Waals surface area contributed by atoms with Gasteiger partial charge in [-0.25, -0.2) is 0 Å². The molecule has 0 aromatic heterocycles.